The van der Waals surface area contributed by atoms with Crippen LogP contribution in [0.25, 0.3) is 5.82 Å². The molecule has 23 heavy (non-hydrogen) atoms. The van der Waals surface area contributed by atoms with Crippen LogP contribution in [-0.2, 0) is 0 Å². The SMILES string of the molecule is COc1ccc(Nc2nccc(-n3cnc([N+](=O)[O-])n3)n2)cc1. The first-order valence-electron chi connectivity index (χ1n) is 6.46. The predicted octanol–water partition coefficient (Wildman–Crippen LogP) is 1.72. The highest BCUT2D eigenvalue weighted by Crippen LogP contribution is 2.18. The third-order valence-electron chi connectivity index (χ3n) is 2.86. The molecule has 0 aliphatic carbocycles. The van der Waals surface area contributed by atoms with Gasteiger partial charge >= 0.3 is 5.95 Å². The summed E-state index contributed by atoms with van der Waals surface area (Å²) in [6.07, 6.45) is 2.74. The fraction of sp³-hybridized carbons (Fsp3) is 0.0769. The van der Waals surface area contributed by atoms with Crippen molar-refractivity contribution in [3.63, 3.8) is 0 Å². The molecule has 3 rings (SSSR count). The van der Waals surface area contributed by atoms with Gasteiger partial charge in [-0.2, -0.15) is 4.98 Å². The maximum absolute atomic E-state index is 10.6. The van der Waals surface area contributed by atoms with E-state index in [0.29, 0.717) is 11.8 Å². The number of aromatic nitrogens is 5. The number of ether oxygens (including phenoxy) is 1. The molecule has 0 aliphatic heterocycles. The molecule has 0 unspecified atom stereocenters. The summed E-state index contributed by atoms with van der Waals surface area (Å²) in [5, 5.41) is 17.4. The molecule has 1 aromatic carbocycles. The summed E-state index contributed by atoms with van der Waals surface area (Å²) >= 11 is 0. The van der Waals surface area contributed by atoms with Gasteiger partial charge in [-0.1, -0.05) is 4.98 Å². The lowest BCUT2D eigenvalue weighted by Gasteiger charge is -2.06. The predicted molar refractivity (Wildman–Crippen MR) is 79.9 cm³/mol. The number of methoxy groups -OCH3 is 1. The summed E-state index contributed by atoms with van der Waals surface area (Å²) in [4.78, 5) is 21.9. The van der Waals surface area contributed by atoms with Crippen LogP contribution < -0.4 is 10.1 Å². The van der Waals surface area contributed by atoms with E-state index >= 15 is 0 Å². The average Bonchev–Trinajstić information content (AvgIpc) is 3.06. The molecule has 0 atom stereocenters. The fourth-order valence-electron chi connectivity index (χ4n) is 1.79. The quantitative estimate of drug-likeness (QED) is 0.558. The standard InChI is InChI=1S/C13H11N7O3/c1-23-10-4-2-9(3-5-10)16-12-14-7-6-11(17-12)19-8-15-13(18-19)20(21)22/h2-8H,1H3,(H,14,16,17). The number of anilines is 2. The van der Waals surface area contributed by atoms with Gasteiger partial charge < -0.3 is 20.2 Å². The molecule has 0 bridgehead atoms. The third-order valence-corrected chi connectivity index (χ3v) is 2.86. The van der Waals surface area contributed by atoms with Gasteiger partial charge in [-0.3, -0.25) is 0 Å². The molecule has 10 nitrogen and oxygen atoms in total. The number of hydrogen-bond donors (Lipinski definition) is 1. The Morgan fingerprint density at radius 1 is 1.22 bits per heavy atom. The van der Waals surface area contributed by atoms with Crippen molar-refractivity contribution in [2.75, 3.05) is 12.4 Å². The van der Waals surface area contributed by atoms with E-state index in [9.17, 15) is 10.1 Å². The zero-order chi connectivity index (χ0) is 16.2. The number of nitrogens with one attached hydrogen (secondary N) is 1. The van der Waals surface area contributed by atoms with Crippen LogP contribution in [0.2, 0.25) is 0 Å². The fourth-order valence-corrected chi connectivity index (χ4v) is 1.79. The molecule has 0 radical (unpaired) electrons. The first-order chi connectivity index (χ1) is 11.2. The lowest BCUT2D eigenvalue weighted by molar-refractivity contribution is -0.394. The number of benzene rings is 1. The Morgan fingerprint density at radius 2 is 2.00 bits per heavy atom. The van der Waals surface area contributed by atoms with Gasteiger partial charge in [0.25, 0.3) is 0 Å². The highest BCUT2D eigenvalue weighted by molar-refractivity contribution is 5.54. The van der Waals surface area contributed by atoms with Gasteiger partial charge in [0.1, 0.15) is 5.75 Å². The molecule has 116 valence electrons. The van der Waals surface area contributed by atoms with Crippen LogP contribution in [0, 0.1) is 10.1 Å². The largest absolute Gasteiger partial charge is 0.497 e. The normalized spacial score (nSPS) is 10.3. The summed E-state index contributed by atoms with van der Waals surface area (Å²) in [5.41, 5.74) is 0.771. The smallest absolute Gasteiger partial charge is 0.491 e. The van der Waals surface area contributed by atoms with E-state index in [4.69, 9.17) is 4.74 Å². The van der Waals surface area contributed by atoms with Gasteiger partial charge in [0.15, 0.2) is 5.82 Å². The van der Waals surface area contributed by atoms with E-state index in [1.54, 1.807) is 25.3 Å². The molecule has 1 N–H and O–H groups in total. The lowest BCUT2D eigenvalue weighted by Crippen LogP contribution is -2.03. The number of rotatable bonds is 5. The van der Waals surface area contributed by atoms with Gasteiger partial charge in [0, 0.05) is 23.0 Å². The lowest BCUT2D eigenvalue weighted by atomic mass is 10.3. The van der Waals surface area contributed by atoms with Gasteiger partial charge in [0.2, 0.25) is 12.3 Å². The highest BCUT2D eigenvalue weighted by atomic mass is 16.6. The van der Waals surface area contributed by atoms with Crippen LogP contribution in [0.4, 0.5) is 17.6 Å². The summed E-state index contributed by atoms with van der Waals surface area (Å²) in [6.45, 7) is 0. The molecule has 3 aromatic rings. The van der Waals surface area contributed by atoms with Gasteiger partial charge in [-0.05, 0) is 29.2 Å². The minimum absolute atomic E-state index is 0.325. The van der Waals surface area contributed by atoms with Gasteiger partial charge in [-0.15, -0.1) is 4.68 Å². The van der Waals surface area contributed by atoms with Crippen molar-refractivity contribution in [3.05, 3.63) is 53.0 Å². The van der Waals surface area contributed by atoms with Crippen LogP contribution in [0.1, 0.15) is 0 Å². The first-order valence-corrected chi connectivity index (χ1v) is 6.46. The molecule has 10 heteroatoms. The van der Waals surface area contributed by atoms with Crippen LogP contribution in [0.5, 0.6) is 5.75 Å². The highest BCUT2D eigenvalue weighted by Gasteiger charge is 2.15. The zero-order valence-electron chi connectivity index (χ0n) is 11.9. The van der Waals surface area contributed by atoms with E-state index in [2.05, 4.69) is 25.4 Å². The van der Waals surface area contributed by atoms with Crippen LogP contribution in [0.3, 0.4) is 0 Å². The molecular weight excluding hydrogens is 302 g/mol. The van der Waals surface area contributed by atoms with E-state index in [0.717, 1.165) is 11.4 Å². The van der Waals surface area contributed by atoms with Gasteiger partial charge in [-0.25, -0.2) is 4.98 Å². The second-order valence-electron chi connectivity index (χ2n) is 4.34. The number of nitrogens with zero attached hydrogens (tertiary/aromatic N) is 6. The van der Waals surface area contributed by atoms with Crippen LogP contribution >= 0.6 is 0 Å². The Morgan fingerprint density at radius 3 is 2.65 bits per heavy atom. The van der Waals surface area contributed by atoms with Crippen LogP contribution in [0.15, 0.2) is 42.9 Å². The summed E-state index contributed by atoms with van der Waals surface area (Å²) in [5.74, 6) is 0.927. The van der Waals surface area contributed by atoms with Crippen molar-refractivity contribution in [3.8, 4) is 11.6 Å². The van der Waals surface area contributed by atoms with E-state index in [1.807, 2.05) is 12.1 Å². The zero-order valence-corrected chi connectivity index (χ0v) is 11.9. The van der Waals surface area contributed by atoms with Crippen LogP contribution in [-0.4, -0.2) is 36.8 Å². The second-order valence-corrected chi connectivity index (χ2v) is 4.34. The second kappa shape index (κ2) is 6.05. The monoisotopic (exact) mass is 313 g/mol. The Labute approximate surface area is 129 Å². The molecule has 0 amide bonds. The summed E-state index contributed by atoms with van der Waals surface area (Å²) in [7, 11) is 1.59. The minimum Gasteiger partial charge on any atom is -0.497 e. The number of nitro groups is 1. The molecule has 0 saturated carbocycles. The van der Waals surface area contributed by atoms with Crippen molar-refractivity contribution < 1.29 is 9.66 Å². The Bertz CT molecular complexity index is 832. The first kappa shape index (κ1) is 14.4. The molecule has 0 spiro atoms. The molecule has 2 aromatic heterocycles. The minimum atomic E-state index is -0.672. The van der Waals surface area contributed by atoms with Crippen molar-refractivity contribution in [2.24, 2.45) is 0 Å². The molecular formula is C13H11N7O3. The Hall–Kier alpha value is -3.56. The maximum Gasteiger partial charge on any atom is 0.491 e. The van der Waals surface area contributed by atoms with Gasteiger partial charge in [0.05, 0.1) is 7.11 Å². The maximum atomic E-state index is 10.6. The van der Waals surface area contributed by atoms with Crippen molar-refractivity contribution >= 4 is 17.6 Å². The Balaban J connectivity index is 1.82. The number of hydrogen-bond acceptors (Lipinski definition) is 8. The molecule has 0 aliphatic rings. The summed E-state index contributed by atoms with van der Waals surface area (Å²) in [6, 6.07) is 8.79. The molecule has 2 heterocycles. The van der Waals surface area contributed by atoms with Crippen molar-refractivity contribution in [1.82, 2.24) is 24.7 Å². The summed E-state index contributed by atoms with van der Waals surface area (Å²) < 4.78 is 6.29. The Kier molecular flexibility index (Phi) is 3.78. The molecule has 0 saturated heterocycles. The average molecular weight is 313 g/mol. The van der Waals surface area contributed by atoms with E-state index < -0.39 is 10.9 Å². The topological polar surface area (TPSA) is 121 Å². The van der Waals surface area contributed by atoms with Crippen molar-refractivity contribution in [1.29, 1.82) is 0 Å². The van der Waals surface area contributed by atoms with E-state index in [1.165, 1.54) is 17.2 Å². The molecule has 0 fully saturated rings. The third kappa shape index (κ3) is 3.20. The van der Waals surface area contributed by atoms with E-state index in [-0.39, 0.29) is 0 Å². The van der Waals surface area contributed by atoms with Crippen molar-refractivity contribution in [2.45, 2.75) is 0 Å².